The maximum absolute atomic E-state index is 11.9. The second-order valence-electron chi connectivity index (χ2n) is 5.54. The van der Waals surface area contributed by atoms with Crippen LogP contribution in [-0.4, -0.2) is 27.8 Å². The van der Waals surface area contributed by atoms with Crippen LogP contribution in [0.3, 0.4) is 0 Å². The smallest absolute Gasteiger partial charge is 0.341 e. The van der Waals surface area contributed by atoms with Crippen molar-refractivity contribution in [1.82, 2.24) is 14.8 Å². The quantitative estimate of drug-likeness (QED) is 0.794. The van der Waals surface area contributed by atoms with Crippen LogP contribution in [0.1, 0.15) is 46.5 Å². The highest BCUT2D eigenvalue weighted by Gasteiger charge is 2.28. The van der Waals surface area contributed by atoms with E-state index in [-0.39, 0.29) is 6.61 Å². The van der Waals surface area contributed by atoms with Crippen LogP contribution in [0.5, 0.6) is 5.75 Å². The van der Waals surface area contributed by atoms with Crippen LogP contribution in [0.4, 0.5) is 0 Å². The molecule has 1 heterocycles. The first kappa shape index (κ1) is 14.6. The molecular weight excluding hydrogens is 282 g/mol. The Morgan fingerprint density at radius 3 is 2.77 bits per heavy atom. The van der Waals surface area contributed by atoms with Gasteiger partial charge in [-0.1, -0.05) is 11.6 Å². The summed E-state index contributed by atoms with van der Waals surface area (Å²) in [7, 11) is 1.36. The second-order valence-corrected chi connectivity index (χ2v) is 5.54. The maximum atomic E-state index is 11.9. The molecule has 0 amide bonds. The van der Waals surface area contributed by atoms with Crippen molar-refractivity contribution in [3.63, 3.8) is 0 Å². The van der Waals surface area contributed by atoms with E-state index in [4.69, 9.17) is 9.47 Å². The van der Waals surface area contributed by atoms with Gasteiger partial charge in [-0.05, 0) is 38.8 Å². The Kier molecular flexibility index (Phi) is 3.83. The van der Waals surface area contributed by atoms with E-state index in [1.54, 1.807) is 12.1 Å². The highest BCUT2D eigenvalue weighted by molar-refractivity contribution is 5.92. The van der Waals surface area contributed by atoms with Crippen molar-refractivity contribution in [3.8, 4) is 5.75 Å². The molecule has 0 N–H and O–H groups in total. The lowest BCUT2D eigenvalue weighted by Gasteiger charge is -2.12. The van der Waals surface area contributed by atoms with Crippen molar-refractivity contribution in [3.05, 3.63) is 41.0 Å². The number of carbonyl (C=O) groups excluding carboxylic acids is 1. The summed E-state index contributed by atoms with van der Waals surface area (Å²) >= 11 is 0. The van der Waals surface area contributed by atoms with Gasteiger partial charge in [0.25, 0.3) is 0 Å². The number of methoxy groups -OCH3 is 1. The van der Waals surface area contributed by atoms with Crippen LogP contribution >= 0.6 is 0 Å². The molecule has 116 valence electrons. The molecule has 1 aromatic heterocycles. The number of ether oxygens (including phenoxy) is 2. The Morgan fingerprint density at radius 2 is 2.09 bits per heavy atom. The zero-order chi connectivity index (χ0) is 15.7. The summed E-state index contributed by atoms with van der Waals surface area (Å²) in [6.45, 7) is 4.15. The van der Waals surface area contributed by atoms with Crippen molar-refractivity contribution < 1.29 is 14.3 Å². The SMILES string of the molecule is COC(=O)c1cc(C)ccc1OCc1nnc(C)n1C1CC1. The average Bonchev–Trinajstić information content (AvgIpc) is 3.28. The number of carbonyl (C=O) groups is 1. The van der Waals surface area contributed by atoms with Crippen LogP contribution in [-0.2, 0) is 11.3 Å². The summed E-state index contributed by atoms with van der Waals surface area (Å²) in [4.78, 5) is 11.9. The number of hydrogen-bond donors (Lipinski definition) is 0. The van der Waals surface area contributed by atoms with Crippen LogP contribution < -0.4 is 4.74 Å². The minimum absolute atomic E-state index is 0.282. The molecule has 6 heteroatoms. The van der Waals surface area contributed by atoms with Gasteiger partial charge in [-0.15, -0.1) is 10.2 Å². The third kappa shape index (κ3) is 2.81. The molecule has 0 radical (unpaired) electrons. The van der Waals surface area contributed by atoms with Gasteiger partial charge in [-0.3, -0.25) is 0 Å². The minimum Gasteiger partial charge on any atom is -0.485 e. The van der Waals surface area contributed by atoms with E-state index in [2.05, 4.69) is 14.8 Å². The van der Waals surface area contributed by atoms with E-state index < -0.39 is 5.97 Å². The van der Waals surface area contributed by atoms with Crippen LogP contribution in [0, 0.1) is 13.8 Å². The second kappa shape index (κ2) is 5.79. The van der Waals surface area contributed by atoms with Gasteiger partial charge in [-0.2, -0.15) is 0 Å². The number of aryl methyl sites for hydroxylation is 2. The monoisotopic (exact) mass is 301 g/mol. The fraction of sp³-hybridized carbons (Fsp3) is 0.438. The highest BCUT2D eigenvalue weighted by atomic mass is 16.5. The molecule has 0 bridgehead atoms. The number of hydrogen-bond acceptors (Lipinski definition) is 5. The highest BCUT2D eigenvalue weighted by Crippen LogP contribution is 2.36. The third-order valence-electron chi connectivity index (χ3n) is 3.75. The lowest BCUT2D eigenvalue weighted by atomic mass is 10.1. The molecule has 1 saturated carbocycles. The summed E-state index contributed by atoms with van der Waals surface area (Å²) in [5.41, 5.74) is 1.40. The molecule has 1 fully saturated rings. The van der Waals surface area contributed by atoms with E-state index >= 15 is 0 Å². The molecular formula is C16H19N3O3. The molecule has 22 heavy (non-hydrogen) atoms. The lowest BCUT2D eigenvalue weighted by Crippen LogP contribution is -2.10. The zero-order valence-electron chi connectivity index (χ0n) is 13.0. The lowest BCUT2D eigenvalue weighted by molar-refractivity contribution is 0.0595. The van der Waals surface area contributed by atoms with Gasteiger partial charge in [0.1, 0.15) is 23.7 Å². The number of esters is 1. The zero-order valence-corrected chi connectivity index (χ0v) is 13.0. The third-order valence-corrected chi connectivity index (χ3v) is 3.75. The molecule has 0 spiro atoms. The van der Waals surface area contributed by atoms with Gasteiger partial charge < -0.3 is 14.0 Å². The standard InChI is InChI=1S/C16H19N3O3/c1-10-4-7-14(13(8-10)16(20)21-3)22-9-15-18-17-11(2)19(15)12-5-6-12/h4,7-8,12H,5-6,9H2,1-3H3. The largest absolute Gasteiger partial charge is 0.485 e. The Balaban J connectivity index is 1.81. The maximum Gasteiger partial charge on any atom is 0.341 e. The number of benzene rings is 1. The van der Waals surface area contributed by atoms with Gasteiger partial charge in [-0.25, -0.2) is 4.79 Å². The van der Waals surface area contributed by atoms with Crippen molar-refractivity contribution in [2.75, 3.05) is 7.11 Å². The molecule has 1 aliphatic carbocycles. The van der Waals surface area contributed by atoms with E-state index in [1.807, 2.05) is 19.9 Å². The predicted octanol–water partition coefficient (Wildman–Crippen LogP) is 2.60. The predicted molar refractivity (Wildman–Crippen MR) is 79.9 cm³/mol. The Bertz CT molecular complexity index is 705. The minimum atomic E-state index is -0.404. The van der Waals surface area contributed by atoms with Gasteiger partial charge in [0, 0.05) is 6.04 Å². The van der Waals surface area contributed by atoms with Gasteiger partial charge >= 0.3 is 5.97 Å². The summed E-state index contributed by atoms with van der Waals surface area (Å²) < 4.78 is 12.7. The molecule has 0 saturated heterocycles. The van der Waals surface area contributed by atoms with Crippen molar-refractivity contribution >= 4 is 5.97 Å². The molecule has 3 rings (SSSR count). The first-order valence-electron chi connectivity index (χ1n) is 7.32. The normalized spacial score (nSPS) is 14.0. The Labute approximate surface area is 129 Å². The molecule has 1 aromatic carbocycles. The fourth-order valence-corrected chi connectivity index (χ4v) is 2.50. The van der Waals surface area contributed by atoms with Crippen LogP contribution in [0.15, 0.2) is 18.2 Å². The number of rotatable bonds is 5. The summed E-state index contributed by atoms with van der Waals surface area (Å²) in [6.07, 6.45) is 2.31. The summed E-state index contributed by atoms with van der Waals surface area (Å²) in [5, 5.41) is 8.30. The number of aromatic nitrogens is 3. The molecule has 0 aliphatic heterocycles. The molecule has 6 nitrogen and oxygen atoms in total. The topological polar surface area (TPSA) is 66.2 Å². The Morgan fingerprint density at radius 1 is 1.32 bits per heavy atom. The molecule has 2 aromatic rings. The number of nitrogens with zero attached hydrogens (tertiary/aromatic N) is 3. The first-order chi connectivity index (χ1) is 10.6. The summed E-state index contributed by atoms with van der Waals surface area (Å²) in [5.74, 6) is 1.79. The average molecular weight is 301 g/mol. The molecule has 1 aliphatic rings. The van der Waals surface area contributed by atoms with Crippen molar-refractivity contribution in [2.24, 2.45) is 0 Å². The van der Waals surface area contributed by atoms with Crippen molar-refractivity contribution in [1.29, 1.82) is 0 Å². The molecule has 0 atom stereocenters. The van der Waals surface area contributed by atoms with E-state index in [9.17, 15) is 4.79 Å². The fourth-order valence-electron chi connectivity index (χ4n) is 2.50. The van der Waals surface area contributed by atoms with Gasteiger partial charge in [0.05, 0.1) is 7.11 Å². The Hall–Kier alpha value is -2.37. The summed E-state index contributed by atoms with van der Waals surface area (Å²) in [6, 6.07) is 5.94. The van der Waals surface area contributed by atoms with Crippen LogP contribution in [0.2, 0.25) is 0 Å². The van der Waals surface area contributed by atoms with Crippen LogP contribution in [0.25, 0.3) is 0 Å². The van der Waals surface area contributed by atoms with E-state index in [0.29, 0.717) is 17.4 Å². The van der Waals surface area contributed by atoms with Gasteiger partial charge in [0.2, 0.25) is 0 Å². The van der Waals surface area contributed by atoms with E-state index in [0.717, 1.165) is 30.1 Å². The first-order valence-corrected chi connectivity index (χ1v) is 7.32. The van der Waals surface area contributed by atoms with E-state index in [1.165, 1.54) is 7.11 Å². The van der Waals surface area contributed by atoms with Gasteiger partial charge in [0.15, 0.2) is 5.82 Å². The molecule has 0 unspecified atom stereocenters. The van der Waals surface area contributed by atoms with Crippen molar-refractivity contribution in [2.45, 2.75) is 39.3 Å².